The topological polar surface area (TPSA) is 85.3 Å². The van der Waals surface area contributed by atoms with Gasteiger partial charge in [0.15, 0.2) is 0 Å². The van der Waals surface area contributed by atoms with Gasteiger partial charge in [0.05, 0.1) is 24.1 Å². The number of carbonyl (C=O) groups excluding carboxylic acids is 2. The van der Waals surface area contributed by atoms with Gasteiger partial charge < -0.3 is 15.4 Å². The Morgan fingerprint density at radius 2 is 1.97 bits per heavy atom. The van der Waals surface area contributed by atoms with Gasteiger partial charge in [0.1, 0.15) is 11.6 Å². The minimum Gasteiger partial charge on any atom is -0.491 e. The maximum atomic E-state index is 13.3. The van der Waals surface area contributed by atoms with E-state index in [0.717, 1.165) is 5.56 Å². The van der Waals surface area contributed by atoms with Gasteiger partial charge >= 0.3 is 0 Å². The maximum Gasteiger partial charge on any atom is 0.255 e. The van der Waals surface area contributed by atoms with E-state index in [-0.39, 0.29) is 29.1 Å². The average molecular weight is 394 g/mol. The predicted octanol–water partition coefficient (Wildman–Crippen LogP) is 2.70. The molecule has 1 atom stereocenters. The molecule has 0 aliphatic carbocycles. The zero-order chi connectivity index (χ0) is 20.5. The number of aryl methyl sites for hydroxylation is 1. The van der Waals surface area contributed by atoms with E-state index in [0.29, 0.717) is 29.2 Å². The van der Waals surface area contributed by atoms with Gasteiger partial charge in [-0.25, -0.2) is 4.39 Å². The summed E-state index contributed by atoms with van der Waals surface area (Å²) in [4.78, 5) is 25.2. The predicted molar refractivity (Wildman–Crippen MR) is 105 cm³/mol. The van der Waals surface area contributed by atoms with Crippen molar-refractivity contribution in [2.75, 3.05) is 19.0 Å². The second kappa shape index (κ2) is 7.38. The van der Waals surface area contributed by atoms with Gasteiger partial charge in [-0.3, -0.25) is 14.3 Å². The second-order valence-electron chi connectivity index (χ2n) is 6.79. The van der Waals surface area contributed by atoms with Gasteiger partial charge in [0.25, 0.3) is 11.8 Å². The Bertz CT molecular complexity index is 1090. The normalized spacial score (nSPS) is 14.8. The third-order valence-electron chi connectivity index (χ3n) is 4.86. The Balaban J connectivity index is 1.75. The molecule has 0 saturated carbocycles. The largest absolute Gasteiger partial charge is 0.491 e. The van der Waals surface area contributed by atoms with Crippen molar-refractivity contribution >= 4 is 17.5 Å². The van der Waals surface area contributed by atoms with E-state index in [4.69, 9.17) is 4.74 Å². The molecule has 0 bridgehead atoms. The van der Waals surface area contributed by atoms with E-state index in [1.165, 1.54) is 31.4 Å². The molecule has 3 aromatic rings. The average Bonchev–Trinajstić information content (AvgIpc) is 3.33. The van der Waals surface area contributed by atoms with Crippen LogP contribution < -0.4 is 15.4 Å². The molecular weight excluding hydrogens is 375 g/mol. The first-order chi connectivity index (χ1) is 14.0. The minimum absolute atomic E-state index is 0.208. The highest BCUT2D eigenvalue weighted by Gasteiger charge is 2.31. The number of nitrogens with zero attached hydrogens (tertiary/aromatic N) is 2. The Hall–Kier alpha value is -3.68. The van der Waals surface area contributed by atoms with Gasteiger partial charge in [-0.15, -0.1) is 0 Å². The summed E-state index contributed by atoms with van der Waals surface area (Å²) in [7, 11) is 3.27. The van der Waals surface area contributed by atoms with Crippen LogP contribution in [0.25, 0.3) is 0 Å². The fourth-order valence-corrected chi connectivity index (χ4v) is 3.42. The number of ether oxygens (including phenoxy) is 1. The van der Waals surface area contributed by atoms with Crippen molar-refractivity contribution in [3.8, 4) is 5.75 Å². The third kappa shape index (κ3) is 3.56. The van der Waals surface area contributed by atoms with Crippen LogP contribution in [-0.2, 0) is 7.05 Å². The van der Waals surface area contributed by atoms with Gasteiger partial charge in [0.2, 0.25) is 0 Å². The standard InChI is InChI=1S/C21H19FN4O3/c1-23-21(28)17-8-13(20(27)25-15-9-24-26(2)10-15)7-16-18(11-29-19(16)17)12-3-5-14(22)6-4-12/h3-10,18H,11H2,1-2H3,(H,23,28)(H,25,27)/t18-/m0/s1. The molecule has 0 radical (unpaired) electrons. The lowest BCUT2D eigenvalue weighted by Gasteiger charge is -2.13. The monoisotopic (exact) mass is 394 g/mol. The maximum absolute atomic E-state index is 13.3. The number of amides is 2. The van der Waals surface area contributed by atoms with E-state index in [9.17, 15) is 14.0 Å². The van der Waals surface area contributed by atoms with Crippen LogP contribution in [0.1, 0.15) is 37.8 Å². The summed E-state index contributed by atoms with van der Waals surface area (Å²) < 4.78 is 20.7. The molecular formula is C21H19FN4O3. The molecule has 2 aromatic carbocycles. The third-order valence-corrected chi connectivity index (χ3v) is 4.86. The summed E-state index contributed by atoms with van der Waals surface area (Å²) >= 11 is 0. The fraction of sp³-hybridized carbons (Fsp3) is 0.190. The van der Waals surface area contributed by atoms with Crippen molar-refractivity contribution < 1.29 is 18.7 Å². The van der Waals surface area contributed by atoms with Crippen LogP contribution in [0.4, 0.5) is 10.1 Å². The smallest absolute Gasteiger partial charge is 0.255 e. The van der Waals surface area contributed by atoms with Crippen molar-refractivity contribution in [1.82, 2.24) is 15.1 Å². The van der Waals surface area contributed by atoms with Crippen LogP contribution in [0.15, 0.2) is 48.8 Å². The summed E-state index contributed by atoms with van der Waals surface area (Å²) in [6.45, 7) is 0.304. The van der Waals surface area contributed by atoms with E-state index < -0.39 is 0 Å². The Morgan fingerprint density at radius 1 is 1.21 bits per heavy atom. The molecule has 2 heterocycles. The van der Waals surface area contributed by atoms with Crippen LogP contribution in [0.5, 0.6) is 5.75 Å². The highest BCUT2D eigenvalue weighted by Crippen LogP contribution is 2.41. The number of benzene rings is 2. The number of rotatable bonds is 4. The molecule has 2 amide bonds. The first-order valence-electron chi connectivity index (χ1n) is 9.04. The van der Waals surface area contributed by atoms with Gasteiger partial charge in [-0.05, 0) is 29.8 Å². The SMILES string of the molecule is CNC(=O)c1cc(C(=O)Nc2cnn(C)c2)cc2c1OC[C@H]2c1ccc(F)cc1. The summed E-state index contributed by atoms with van der Waals surface area (Å²) in [6.07, 6.45) is 3.21. The molecule has 1 aromatic heterocycles. The lowest BCUT2D eigenvalue weighted by Crippen LogP contribution is -2.20. The second-order valence-corrected chi connectivity index (χ2v) is 6.79. The molecule has 2 N–H and O–H groups in total. The fourth-order valence-electron chi connectivity index (χ4n) is 3.42. The molecule has 148 valence electrons. The highest BCUT2D eigenvalue weighted by molar-refractivity contribution is 6.07. The summed E-state index contributed by atoms with van der Waals surface area (Å²) in [5, 5.41) is 9.38. The molecule has 0 saturated heterocycles. The summed E-state index contributed by atoms with van der Waals surface area (Å²) in [5.74, 6) is -0.812. The summed E-state index contributed by atoms with van der Waals surface area (Å²) in [6, 6.07) is 9.35. The Kier molecular flexibility index (Phi) is 4.75. The zero-order valence-electron chi connectivity index (χ0n) is 15.9. The number of aromatic nitrogens is 2. The number of hydrogen-bond donors (Lipinski definition) is 2. The van der Waals surface area contributed by atoms with E-state index >= 15 is 0 Å². The number of anilines is 1. The molecule has 4 rings (SSSR count). The van der Waals surface area contributed by atoms with Crippen molar-refractivity contribution in [2.45, 2.75) is 5.92 Å². The number of hydrogen-bond acceptors (Lipinski definition) is 4. The summed E-state index contributed by atoms with van der Waals surface area (Å²) in [5.41, 5.74) is 2.72. The van der Waals surface area contributed by atoms with Crippen molar-refractivity contribution in [2.24, 2.45) is 7.05 Å². The van der Waals surface area contributed by atoms with Gasteiger partial charge in [0, 0.05) is 37.3 Å². The quantitative estimate of drug-likeness (QED) is 0.713. The Morgan fingerprint density at radius 3 is 2.62 bits per heavy atom. The molecule has 29 heavy (non-hydrogen) atoms. The molecule has 8 heteroatoms. The molecule has 1 aliphatic heterocycles. The van der Waals surface area contributed by atoms with E-state index in [1.54, 1.807) is 36.1 Å². The molecule has 0 spiro atoms. The lowest BCUT2D eigenvalue weighted by molar-refractivity contribution is 0.0960. The van der Waals surface area contributed by atoms with Crippen LogP contribution in [-0.4, -0.2) is 35.2 Å². The van der Waals surface area contributed by atoms with Crippen molar-refractivity contribution in [3.63, 3.8) is 0 Å². The first-order valence-corrected chi connectivity index (χ1v) is 9.04. The molecule has 0 fully saturated rings. The first kappa shape index (κ1) is 18.7. The van der Waals surface area contributed by atoms with Crippen LogP contribution in [0.3, 0.4) is 0 Å². The van der Waals surface area contributed by atoms with Crippen molar-refractivity contribution in [3.05, 3.63) is 76.9 Å². The van der Waals surface area contributed by atoms with Crippen LogP contribution in [0.2, 0.25) is 0 Å². The molecule has 0 unspecified atom stereocenters. The van der Waals surface area contributed by atoms with E-state index in [1.807, 2.05) is 0 Å². The highest BCUT2D eigenvalue weighted by atomic mass is 19.1. The molecule has 7 nitrogen and oxygen atoms in total. The zero-order valence-corrected chi connectivity index (χ0v) is 15.9. The van der Waals surface area contributed by atoms with Gasteiger partial charge in [-0.2, -0.15) is 5.10 Å². The van der Waals surface area contributed by atoms with Crippen LogP contribution in [0, 0.1) is 5.82 Å². The number of halogens is 1. The minimum atomic E-state index is -0.365. The number of carbonyl (C=O) groups is 2. The van der Waals surface area contributed by atoms with Crippen LogP contribution >= 0.6 is 0 Å². The lowest BCUT2D eigenvalue weighted by atomic mass is 9.90. The van der Waals surface area contributed by atoms with Crippen molar-refractivity contribution in [1.29, 1.82) is 0 Å². The number of nitrogens with one attached hydrogen (secondary N) is 2. The number of fused-ring (bicyclic) bond motifs is 1. The molecule has 1 aliphatic rings. The van der Waals surface area contributed by atoms with Gasteiger partial charge in [-0.1, -0.05) is 12.1 Å². The van der Waals surface area contributed by atoms with E-state index in [2.05, 4.69) is 15.7 Å². The Labute approximate surface area is 166 Å².